The molecule has 1 aliphatic rings. The molecular formula is C24H24N4O4. The fourth-order valence-corrected chi connectivity index (χ4v) is 3.84. The van der Waals surface area contributed by atoms with E-state index in [1.807, 2.05) is 18.2 Å². The number of carbonyl (C=O) groups is 1. The predicted molar refractivity (Wildman–Crippen MR) is 124 cm³/mol. The molecule has 0 radical (unpaired) electrons. The lowest BCUT2D eigenvalue weighted by atomic mass is 10.1. The van der Waals surface area contributed by atoms with Crippen LogP contribution in [0.15, 0.2) is 54.6 Å². The molecule has 2 aromatic carbocycles. The fraction of sp³-hybridized carbons (Fsp3) is 0.250. The molecule has 0 N–H and O–H groups in total. The third-order valence-corrected chi connectivity index (χ3v) is 5.65. The van der Waals surface area contributed by atoms with E-state index in [0.717, 1.165) is 33.6 Å². The summed E-state index contributed by atoms with van der Waals surface area (Å²) in [5.74, 6) is 1.55. The Morgan fingerprint density at radius 2 is 1.84 bits per heavy atom. The van der Waals surface area contributed by atoms with Crippen molar-refractivity contribution in [2.24, 2.45) is 0 Å². The minimum Gasteiger partial charge on any atom is -0.494 e. The van der Waals surface area contributed by atoms with Gasteiger partial charge in [-0.05, 0) is 48.4 Å². The van der Waals surface area contributed by atoms with Gasteiger partial charge in [0.1, 0.15) is 17.1 Å². The Labute approximate surface area is 185 Å². The topological polar surface area (TPSA) is 88.8 Å². The lowest BCUT2D eigenvalue weighted by Crippen LogP contribution is -2.48. The molecule has 0 atom stereocenters. The van der Waals surface area contributed by atoms with Gasteiger partial charge in [0.05, 0.1) is 12.0 Å². The van der Waals surface area contributed by atoms with Gasteiger partial charge in [-0.3, -0.25) is 14.9 Å². The molecule has 4 rings (SSSR count). The molecule has 0 spiro atoms. The Balaban J connectivity index is 1.41. The van der Waals surface area contributed by atoms with Crippen molar-refractivity contribution in [1.82, 2.24) is 9.88 Å². The third-order valence-electron chi connectivity index (χ3n) is 5.65. The van der Waals surface area contributed by atoms with Crippen LogP contribution in [0.4, 0.5) is 11.5 Å². The number of nitro benzene ring substituents is 1. The Morgan fingerprint density at radius 3 is 2.50 bits per heavy atom. The second-order valence-corrected chi connectivity index (χ2v) is 7.65. The largest absolute Gasteiger partial charge is 0.494 e. The van der Waals surface area contributed by atoms with Crippen LogP contribution in [0.2, 0.25) is 0 Å². The summed E-state index contributed by atoms with van der Waals surface area (Å²) in [4.78, 5) is 31.7. The smallest absolute Gasteiger partial charge is 0.269 e. The number of rotatable bonds is 5. The molecule has 0 aliphatic carbocycles. The third kappa shape index (κ3) is 4.39. The molecule has 1 amide bonds. The summed E-state index contributed by atoms with van der Waals surface area (Å²) in [6.07, 6.45) is 3.19. The number of ether oxygens (including phenoxy) is 1. The summed E-state index contributed by atoms with van der Waals surface area (Å²) in [7, 11) is 1.65. The molecule has 164 valence electrons. The van der Waals surface area contributed by atoms with Crippen molar-refractivity contribution in [2.75, 3.05) is 38.2 Å². The number of amides is 1. The van der Waals surface area contributed by atoms with E-state index >= 15 is 0 Å². The maximum Gasteiger partial charge on any atom is 0.269 e. The SMILES string of the molecule is COc1cccc2c(C)cc(N3CCN(C(=O)/C=C/c4ccc([N+](=O)[O-])cc4)CC3)nc12. The maximum absolute atomic E-state index is 12.6. The summed E-state index contributed by atoms with van der Waals surface area (Å²) in [6.45, 7) is 4.62. The summed E-state index contributed by atoms with van der Waals surface area (Å²) in [6, 6.07) is 14.1. The Morgan fingerprint density at radius 1 is 1.12 bits per heavy atom. The number of hydrogen-bond donors (Lipinski definition) is 0. The van der Waals surface area contributed by atoms with E-state index in [-0.39, 0.29) is 11.6 Å². The van der Waals surface area contributed by atoms with E-state index in [1.54, 1.807) is 30.2 Å². The van der Waals surface area contributed by atoms with Gasteiger partial charge in [-0.15, -0.1) is 0 Å². The number of carbonyl (C=O) groups excluding carboxylic acids is 1. The molecule has 8 nitrogen and oxygen atoms in total. The fourth-order valence-electron chi connectivity index (χ4n) is 3.84. The Bertz CT molecular complexity index is 1180. The van der Waals surface area contributed by atoms with Gasteiger partial charge in [0.2, 0.25) is 5.91 Å². The molecule has 0 unspecified atom stereocenters. The second-order valence-electron chi connectivity index (χ2n) is 7.65. The van der Waals surface area contributed by atoms with Crippen molar-refractivity contribution < 1.29 is 14.5 Å². The average molecular weight is 432 g/mol. The number of hydrogen-bond acceptors (Lipinski definition) is 6. The first kappa shape index (κ1) is 21.3. The first-order valence-corrected chi connectivity index (χ1v) is 10.4. The summed E-state index contributed by atoms with van der Waals surface area (Å²) >= 11 is 0. The van der Waals surface area contributed by atoms with Crippen LogP contribution >= 0.6 is 0 Å². The standard InChI is InChI=1S/C24H24N4O4/c1-17-16-22(25-24-20(17)4-3-5-21(24)32-2)26-12-14-27(15-13-26)23(29)11-8-18-6-9-19(10-7-18)28(30)31/h3-11,16H,12-15H2,1-2H3/b11-8+. The van der Waals surface area contributed by atoms with E-state index < -0.39 is 4.92 Å². The number of para-hydroxylation sites is 1. The van der Waals surface area contributed by atoms with Crippen LogP contribution in [-0.4, -0.2) is 54.0 Å². The van der Waals surface area contributed by atoms with Crippen LogP contribution in [0.3, 0.4) is 0 Å². The van der Waals surface area contributed by atoms with Gasteiger partial charge in [-0.2, -0.15) is 0 Å². The molecular weight excluding hydrogens is 408 g/mol. The van der Waals surface area contributed by atoms with E-state index in [2.05, 4.69) is 17.9 Å². The Kier molecular flexibility index (Phi) is 6.02. The highest BCUT2D eigenvalue weighted by Crippen LogP contribution is 2.29. The molecule has 32 heavy (non-hydrogen) atoms. The minimum absolute atomic E-state index is 0.0276. The second kappa shape index (κ2) is 9.05. The van der Waals surface area contributed by atoms with Crippen molar-refractivity contribution in [2.45, 2.75) is 6.92 Å². The van der Waals surface area contributed by atoms with Crippen LogP contribution < -0.4 is 9.64 Å². The van der Waals surface area contributed by atoms with Crippen molar-refractivity contribution in [1.29, 1.82) is 0 Å². The zero-order valence-corrected chi connectivity index (χ0v) is 18.0. The van der Waals surface area contributed by atoms with Crippen molar-refractivity contribution in [3.8, 4) is 5.75 Å². The Hall–Kier alpha value is -3.94. The zero-order chi connectivity index (χ0) is 22.7. The number of fused-ring (bicyclic) bond motifs is 1. The molecule has 8 heteroatoms. The van der Waals surface area contributed by atoms with Crippen molar-refractivity contribution in [3.63, 3.8) is 0 Å². The first-order chi connectivity index (χ1) is 15.5. The summed E-state index contributed by atoms with van der Waals surface area (Å²) in [5.41, 5.74) is 2.75. The zero-order valence-electron chi connectivity index (χ0n) is 18.0. The van der Waals surface area contributed by atoms with Crippen LogP contribution in [-0.2, 0) is 4.79 Å². The average Bonchev–Trinajstić information content (AvgIpc) is 2.82. The highest BCUT2D eigenvalue weighted by atomic mass is 16.6. The van der Waals surface area contributed by atoms with Crippen molar-refractivity contribution >= 4 is 34.4 Å². The van der Waals surface area contributed by atoms with Crippen molar-refractivity contribution in [3.05, 3.63) is 75.8 Å². The number of non-ortho nitro benzene ring substituents is 1. The first-order valence-electron chi connectivity index (χ1n) is 10.4. The number of nitrogens with zero attached hydrogens (tertiary/aromatic N) is 4. The minimum atomic E-state index is -0.444. The van der Waals surface area contributed by atoms with Crippen LogP contribution in [0.1, 0.15) is 11.1 Å². The summed E-state index contributed by atoms with van der Waals surface area (Å²) < 4.78 is 5.48. The number of nitro groups is 1. The highest BCUT2D eigenvalue weighted by Gasteiger charge is 2.21. The van der Waals surface area contributed by atoms with Gasteiger partial charge in [-0.1, -0.05) is 12.1 Å². The van der Waals surface area contributed by atoms with Crippen LogP contribution in [0.5, 0.6) is 5.75 Å². The van der Waals surface area contributed by atoms with Gasteiger partial charge in [0, 0.05) is 49.8 Å². The molecule has 2 heterocycles. The number of aryl methyl sites for hydroxylation is 1. The molecule has 1 aliphatic heterocycles. The number of benzene rings is 2. The number of methoxy groups -OCH3 is 1. The van der Waals surface area contributed by atoms with Gasteiger partial charge in [0.15, 0.2) is 0 Å². The molecule has 1 saturated heterocycles. The highest BCUT2D eigenvalue weighted by molar-refractivity contribution is 5.92. The molecule has 0 saturated carbocycles. The molecule has 3 aromatic rings. The number of piperazine rings is 1. The lowest BCUT2D eigenvalue weighted by molar-refractivity contribution is -0.384. The molecule has 1 aromatic heterocycles. The van der Waals surface area contributed by atoms with E-state index in [9.17, 15) is 14.9 Å². The molecule has 0 bridgehead atoms. The molecule has 1 fully saturated rings. The normalized spacial score (nSPS) is 14.2. The monoisotopic (exact) mass is 432 g/mol. The van der Waals surface area contributed by atoms with Crippen LogP contribution in [0.25, 0.3) is 17.0 Å². The van der Waals surface area contributed by atoms with Gasteiger partial charge in [-0.25, -0.2) is 4.98 Å². The van der Waals surface area contributed by atoms with Gasteiger partial charge >= 0.3 is 0 Å². The van der Waals surface area contributed by atoms with Gasteiger partial charge < -0.3 is 14.5 Å². The number of anilines is 1. The van der Waals surface area contributed by atoms with Crippen LogP contribution in [0, 0.1) is 17.0 Å². The van der Waals surface area contributed by atoms with Gasteiger partial charge in [0.25, 0.3) is 5.69 Å². The summed E-state index contributed by atoms with van der Waals surface area (Å²) in [5, 5.41) is 11.8. The maximum atomic E-state index is 12.6. The number of pyridine rings is 1. The predicted octanol–water partition coefficient (Wildman–Crippen LogP) is 3.82. The van der Waals surface area contributed by atoms with E-state index in [1.165, 1.54) is 18.2 Å². The lowest BCUT2D eigenvalue weighted by Gasteiger charge is -2.35. The van der Waals surface area contributed by atoms with E-state index in [0.29, 0.717) is 26.2 Å². The van der Waals surface area contributed by atoms with E-state index in [4.69, 9.17) is 9.72 Å². The number of aromatic nitrogens is 1. The quantitative estimate of drug-likeness (QED) is 0.346.